The van der Waals surface area contributed by atoms with E-state index in [1.165, 1.54) is 9.80 Å². The lowest BCUT2D eigenvalue weighted by Gasteiger charge is -2.37. The molecule has 0 bridgehead atoms. The predicted molar refractivity (Wildman–Crippen MR) is 52.1 cm³/mol. The lowest BCUT2D eigenvalue weighted by molar-refractivity contribution is 0.0451. The van der Waals surface area contributed by atoms with Gasteiger partial charge in [-0.3, -0.25) is 9.80 Å². The zero-order chi connectivity index (χ0) is 10.9. The number of nitrogens with one attached hydrogen (secondary N) is 2. The molecule has 6 nitrogen and oxygen atoms in total. The first kappa shape index (κ1) is 10.6. The van der Waals surface area contributed by atoms with Crippen LogP contribution in [-0.2, 0) is 0 Å². The standard InChI is InChI=1S/C8H16N4O2/c1-9-5-6(10-2)11(3)8(14)12(4)7(5)13/h7,9-10,13H,1-4H3. The molecule has 0 aromatic heterocycles. The molecule has 1 heterocycles. The lowest BCUT2D eigenvalue weighted by Crippen LogP contribution is -2.54. The van der Waals surface area contributed by atoms with Crippen molar-refractivity contribution in [3.05, 3.63) is 11.5 Å². The third kappa shape index (κ3) is 1.37. The monoisotopic (exact) mass is 200 g/mol. The average Bonchev–Trinajstić information content (AvgIpc) is 2.20. The first-order valence-electron chi connectivity index (χ1n) is 4.32. The minimum atomic E-state index is -0.925. The summed E-state index contributed by atoms with van der Waals surface area (Å²) < 4.78 is 0. The lowest BCUT2D eigenvalue weighted by atomic mass is 10.3. The van der Waals surface area contributed by atoms with Gasteiger partial charge in [-0.25, -0.2) is 4.79 Å². The van der Waals surface area contributed by atoms with Gasteiger partial charge in [0.15, 0.2) is 6.23 Å². The Morgan fingerprint density at radius 3 is 2.29 bits per heavy atom. The maximum Gasteiger partial charge on any atom is 0.327 e. The Hall–Kier alpha value is -1.43. The topological polar surface area (TPSA) is 67.8 Å². The molecule has 0 fully saturated rings. The van der Waals surface area contributed by atoms with Gasteiger partial charge in [0, 0.05) is 28.2 Å². The predicted octanol–water partition coefficient (Wildman–Crippen LogP) is -1.09. The molecule has 80 valence electrons. The van der Waals surface area contributed by atoms with E-state index in [0.29, 0.717) is 11.5 Å². The highest BCUT2D eigenvalue weighted by Crippen LogP contribution is 2.18. The summed E-state index contributed by atoms with van der Waals surface area (Å²) in [6.45, 7) is 0. The zero-order valence-electron chi connectivity index (χ0n) is 8.83. The van der Waals surface area contributed by atoms with Gasteiger partial charge in [0.05, 0.1) is 0 Å². The fraction of sp³-hybridized carbons (Fsp3) is 0.625. The van der Waals surface area contributed by atoms with Crippen molar-refractivity contribution in [1.82, 2.24) is 20.4 Å². The number of likely N-dealkylation sites (N-methyl/N-ethyl adjacent to an activating group) is 2. The van der Waals surface area contributed by atoms with Crippen LogP contribution in [0, 0.1) is 0 Å². The normalized spacial score (nSPS) is 22.9. The number of amides is 2. The van der Waals surface area contributed by atoms with Crippen LogP contribution >= 0.6 is 0 Å². The van der Waals surface area contributed by atoms with Gasteiger partial charge >= 0.3 is 6.03 Å². The van der Waals surface area contributed by atoms with Gasteiger partial charge in [0.25, 0.3) is 0 Å². The number of hydrogen-bond acceptors (Lipinski definition) is 4. The van der Waals surface area contributed by atoms with Crippen LogP contribution in [-0.4, -0.2) is 55.4 Å². The molecule has 0 aromatic rings. The molecule has 0 aromatic carbocycles. The summed E-state index contributed by atoms with van der Waals surface area (Å²) in [6, 6.07) is -0.249. The fourth-order valence-electron chi connectivity index (χ4n) is 1.48. The number of aliphatic hydroxyl groups is 1. The molecule has 0 saturated carbocycles. The van der Waals surface area contributed by atoms with E-state index in [-0.39, 0.29) is 6.03 Å². The van der Waals surface area contributed by atoms with Crippen LogP contribution in [0.2, 0.25) is 0 Å². The van der Waals surface area contributed by atoms with Crippen LogP contribution in [0.25, 0.3) is 0 Å². The van der Waals surface area contributed by atoms with E-state index in [4.69, 9.17) is 0 Å². The van der Waals surface area contributed by atoms with Crippen LogP contribution in [0.3, 0.4) is 0 Å². The van der Waals surface area contributed by atoms with Crippen molar-refractivity contribution in [3.8, 4) is 0 Å². The Kier molecular flexibility index (Phi) is 2.85. The molecular weight excluding hydrogens is 184 g/mol. The Bertz CT molecular complexity index is 277. The molecule has 2 amide bonds. The van der Waals surface area contributed by atoms with E-state index in [9.17, 15) is 9.90 Å². The first-order chi connectivity index (χ1) is 6.54. The summed E-state index contributed by atoms with van der Waals surface area (Å²) >= 11 is 0. The van der Waals surface area contributed by atoms with Crippen LogP contribution in [0.15, 0.2) is 11.5 Å². The second kappa shape index (κ2) is 3.75. The molecule has 0 radical (unpaired) electrons. The van der Waals surface area contributed by atoms with Crippen molar-refractivity contribution < 1.29 is 9.90 Å². The van der Waals surface area contributed by atoms with Gasteiger partial charge in [0.1, 0.15) is 11.5 Å². The van der Waals surface area contributed by atoms with Gasteiger partial charge < -0.3 is 15.7 Å². The third-order valence-corrected chi connectivity index (χ3v) is 2.31. The Morgan fingerprint density at radius 2 is 1.86 bits per heavy atom. The van der Waals surface area contributed by atoms with Crippen molar-refractivity contribution in [2.45, 2.75) is 6.23 Å². The molecule has 0 spiro atoms. The van der Waals surface area contributed by atoms with Gasteiger partial charge in [0.2, 0.25) is 0 Å². The van der Waals surface area contributed by atoms with E-state index >= 15 is 0 Å². The van der Waals surface area contributed by atoms with Gasteiger partial charge in [-0.1, -0.05) is 0 Å². The fourth-order valence-corrected chi connectivity index (χ4v) is 1.48. The highest BCUT2D eigenvalue weighted by Gasteiger charge is 2.33. The minimum Gasteiger partial charge on any atom is -0.385 e. The molecular formula is C8H16N4O2. The summed E-state index contributed by atoms with van der Waals surface area (Å²) in [5.74, 6) is 0.586. The average molecular weight is 200 g/mol. The van der Waals surface area contributed by atoms with E-state index in [2.05, 4.69) is 10.6 Å². The number of aliphatic hydroxyl groups excluding tert-OH is 1. The number of urea groups is 1. The molecule has 1 rings (SSSR count). The van der Waals surface area contributed by atoms with Crippen molar-refractivity contribution in [1.29, 1.82) is 0 Å². The maximum atomic E-state index is 11.6. The Morgan fingerprint density at radius 1 is 1.29 bits per heavy atom. The van der Waals surface area contributed by atoms with E-state index in [0.717, 1.165) is 0 Å². The second-order valence-corrected chi connectivity index (χ2v) is 3.09. The summed E-state index contributed by atoms with van der Waals surface area (Å²) in [6.07, 6.45) is -0.925. The number of nitrogens with zero attached hydrogens (tertiary/aromatic N) is 2. The largest absolute Gasteiger partial charge is 0.385 e. The van der Waals surface area contributed by atoms with E-state index in [1.54, 1.807) is 28.2 Å². The summed E-state index contributed by atoms with van der Waals surface area (Å²) in [5, 5.41) is 15.5. The van der Waals surface area contributed by atoms with Crippen LogP contribution in [0.5, 0.6) is 0 Å². The molecule has 14 heavy (non-hydrogen) atoms. The van der Waals surface area contributed by atoms with Crippen molar-refractivity contribution in [3.63, 3.8) is 0 Å². The van der Waals surface area contributed by atoms with E-state index < -0.39 is 6.23 Å². The van der Waals surface area contributed by atoms with Gasteiger partial charge in [-0.15, -0.1) is 0 Å². The maximum absolute atomic E-state index is 11.6. The highest BCUT2D eigenvalue weighted by atomic mass is 16.3. The second-order valence-electron chi connectivity index (χ2n) is 3.09. The number of carbonyl (C=O) groups is 1. The SMILES string of the molecule is CNC1=C(NC)N(C)C(=O)N(C)C1O. The molecule has 3 N–H and O–H groups in total. The summed E-state index contributed by atoms with van der Waals surface area (Å²) in [7, 11) is 6.60. The van der Waals surface area contributed by atoms with Crippen molar-refractivity contribution in [2.24, 2.45) is 0 Å². The minimum absolute atomic E-state index is 0.249. The number of carbonyl (C=O) groups excluding carboxylic acids is 1. The smallest absolute Gasteiger partial charge is 0.327 e. The molecule has 1 aliphatic rings. The Balaban J connectivity index is 3.15. The van der Waals surface area contributed by atoms with Crippen LogP contribution in [0.4, 0.5) is 4.79 Å². The number of hydrogen-bond donors (Lipinski definition) is 3. The van der Waals surface area contributed by atoms with Crippen LogP contribution < -0.4 is 10.6 Å². The van der Waals surface area contributed by atoms with E-state index in [1.807, 2.05) is 0 Å². The highest BCUT2D eigenvalue weighted by molar-refractivity contribution is 5.77. The van der Waals surface area contributed by atoms with Gasteiger partial charge in [-0.2, -0.15) is 0 Å². The molecule has 6 heteroatoms. The third-order valence-electron chi connectivity index (χ3n) is 2.31. The molecule has 0 aliphatic carbocycles. The molecule has 0 saturated heterocycles. The van der Waals surface area contributed by atoms with Crippen molar-refractivity contribution >= 4 is 6.03 Å². The van der Waals surface area contributed by atoms with Crippen LogP contribution in [0.1, 0.15) is 0 Å². The molecule has 1 unspecified atom stereocenters. The zero-order valence-corrected chi connectivity index (χ0v) is 8.83. The molecule has 1 atom stereocenters. The van der Waals surface area contributed by atoms with Crippen molar-refractivity contribution in [2.75, 3.05) is 28.2 Å². The quantitative estimate of drug-likeness (QED) is 0.530. The summed E-state index contributed by atoms with van der Waals surface area (Å²) in [5.41, 5.74) is 0.581. The Labute approximate surface area is 83.2 Å². The summed E-state index contributed by atoms with van der Waals surface area (Å²) in [4.78, 5) is 14.3. The number of rotatable bonds is 2. The van der Waals surface area contributed by atoms with Gasteiger partial charge in [-0.05, 0) is 0 Å². The first-order valence-corrected chi connectivity index (χ1v) is 4.32. The molecule has 1 aliphatic heterocycles.